The number of carbonyl (C=O) groups excluding carboxylic acids is 1. The van der Waals surface area contributed by atoms with Crippen LogP contribution in [-0.2, 0) is 0 Å². The van der Waals surface area contributed by atoms with Gasteiger partial charge in [0.05, 0.1) is 12.2 Å². The van der Waals surface area contributed by atoms with Crippen LogP contribution in [0.2, 0.25) is 0 Å². The van der Waals surface area contributed by atoms with Crippen molar-refractivity contribution in [1.82, 2.24) is 4.90 Å². The zero-order valence-corrected chi connectivity index (χ0v) is 14.6. The summed E-state index contributed by atoms with van der Waals surface area (Å²) < 4.78 is 5.82. The first-order chi connectivity index (χ1) is 12.2. The van der Waals surface area contributed by atoms with Gasteiger partial charge in [0.25, 0.3) is 5.91 Å². The van der Waals surface area contributed by atoms with E-state index in [4.69, 9.17) is 4.74 Å². The predicted octanol–water partition coefficient (Wildman–Crippen LogP) is 4.62. The first kappa shape index (κ1) is 17.1. The van der Waals surface area contributed by atoms with E-state index in [1.54, 1.807) is 11.0 Å². The van der Waals surface area contributed by atoms with Crippen LogP contribution in [0.5, 0.6) is 5.75 Å². The van der Waals surface area contributed by atoms with E-state index < -0.39 is 0 Å². The zero-order valence-electron chi connectivity index (χ0n) is 14.6. The van der Waals surface area contributed by atoms with Crippen molar-refractivity contribution in [1.29, 1.82) is 0 Å². The fraction of sp³-hybridized carbons (Fsp3) is 0.286. The number of nitrogens with one attached hydrogen (secondary N) is 1. The van der Waals surface area contributed by atoms with E-state index in [2.05, 4.69) is 18.8 Å². The maximum Gasteiger partial charge on any atom is 0.258 e. The molecule has 1 amide bonds. The summed E-state index contributed by atoms with van der Waals surface area (Å²) in [6.07, 6.45) is 3.64. The summed E-state index contributed by atoms with van der Waals surface area (Å²) in [4.78, 5) is 14.7. The van der Waals surface area contributed by atoms with Crippen LogP contribution in [0.4, 0.5) is 5.69 Å². The summed E-state index contributed by atoms with van der Waals surface area (Å²) in [5.74, 6) is 0.842. The lowest BCUT2D eigenvalue weighted by Crippen LogP contribution is -2.42. The Bertz CT molecular complexity index is 757. The number of hydrogen-bond donors (Lipinski definition) is 1. The van der Waals surface area contributed by atoms with Crippen LogP contribution in [0, 0.1) is 0 Å². The SMILES string of the molecule is C=CCN1C(=O)c2ccccc2NC1c1cccc(OCCCC)c1. The quantitative estimate of drug-likeness (QED) is 0.592. The number of hydrogen-bond acceptors (Lipinski definition) is 3. The highest BCUT2D eigenvalue weighted by Gasteiger charge is 2.32. The molecule has 0 bridgehead atoms. The van der Waals surface area contributed by atoms with Crippen LogP contribution in [0.25, 0.3) is 0 Å². The van der Waals surface area contributed by atoms with Crippen molar-refractivity contribution in [3.63, 3.8) is 0 Å². The Labute approximate surface area is 149 Å². The van der Waals surface area contributed by atoms with Gasteiger partial charge in [0.15, 0.2) is 0 Å². The van der Waals surface area contributed by atoms with E-state index in [1.165, 1.54) is 0 Å². The molecule has 1 atom stereocenters. The second kappa shape index (κ2) is 7.88. The lowest BCUT2D eigenvalue weighted by molar-refractivity contribution is 0.0707. The van der Waals surface area contributed by atoms with Gasteiger partial charge in [-0.15, -0.1) is 6.58 Å². The molecule has 1 heterocycles. The fourth-order valence-corrected chi connectivity index (χ4v) is 2.99. The molecule has 4 nitrogen and oxygen atoms in total. The summed E-state index contributed by atoms with van der Waals surface area (Å²) in [6, 6.07) is 15.5. The van der Waals surface area contributed by atoms with E-state index in [0.29, 0.717) is 18.7 Å². The van der Waals surface area contributed by atoms with Crippen molar-refractivity contribution < 1.29 is 9.53 Å². The van der Waals surface area contributed by atoms with E-state index in [1.807, 2.05) is 48.5 Å². The Morgan fingerprint density at radius 1 is 1.24 bits per heavy atom. The van der Waals surface area contributed by atoms with Crippen molar-refractivity contribution in [2.75, 3.05) is 18.5 Å². The molecule has 2 aromatic rings. The maximum atomic E-state index is 12.9. The molecule has 0 fully saturated rings. The predicted molar refractivity (Wildman–Crippen MR) is 101 cm³/mol. The summed E-state index contributed by atoms with van der Waals surface area (Å²) >= 11 is 0. The van der Waals surface area contributed by atoms with Gasteiger partial charge in [0.2, 0.25) is 0 Å². The van der Waals surface area contributed by atoms with Gasteiger partial charge < -0.3 is 15.0 Å². The zero-order chi connectivity index (χ0) is 17.6. The van der Waals surface area contributed by atoms with Crippen LogP contribution < -0.4 is 10.1 Å². The Morgan fingerprint density at radius 2 is 2.08 bits per heavy atom. The second-order valence-corrected chi connectivity index (χ2v) is 6.11. The number of unbranched alkanes of at least 4 members (excludes halogenated alkanes) is 1. The van der Waals surface area contributed by atoms with Crippen molar-refractivity contribution in [2.24, 2.45) is 0 Å². The number of benzene rings is 2. The average molecular weight is 336 g/mol. The summed E-state index contributed by atoms with van der Waals surface area (Å²) in [5.41, 5.74) is 2.55. The molecule has 1 N–H and O–H groups in total. The number of ether oxygens (including phenoxy) is 1. The maximum absolute atomic E-state index is 12.9. The number of fused-ring (bicyclic) bond motifs is 1. The third kappa shape index (κ3) is 3.68. The van der Waals surface area contributed by atoms with Gasteiger partial charge >= 0.3 is 0 Å². The highest BCUT2D eigenvalue weighted by Crippen LogP contribution is 2.33. The lowest BCUT2D eigenvalue weighted by Gasteiger charge is -2.37. The molecule has 0 spiro atoms. The highest BCUT2D eigenvalue weighted by molar-refractivity contribution is 6.01. The lowest BCUT2D eigenvalue weighted by atomic mass is 10.0. The molecule has 0 aromatic heterocycles. The Hall–Kier alpha value is -2.75. The summed E-state index contributed by atoms with van der Waals surface area (Å²) in [6.45, 7) is 7.12. The molecule has 1 aliphatic heterocycles. The first-order valence-electron chi connectivity index (χ1n) is 8.74. The second-order valence-electron chi connectivity index (χ2n) is 6.11. The molecule has 1 unspecified atom stereocenters. The molecular weight excluding hydrogens is 312 g/mol. The molecule has 4 heteroatoms. The van der Waals surface area contributed by atoms with E-state index in [0.717, 1.165) is 29.8 Å². The minimum Gasteiger partial charge on any atom is -0.494 e. The number of amides is 1. The van der Waals surface area contributed by atoms with Crippen LogP contribution in [-0.4, -0.2) is 24.0 Å². The largest absolute Gasteiger partial charge is 0.494 e. The number of rotatable bonds is 7. The molecule has 130 valence electrons. The van der Waals surface area contributed by atoms with Crippen LogP contribution in [0.1, 0.15) is 41.9 Å². The Balaban J connectivity index is 1.90. The molecule has 0 saturated carbocycles. The standard InChI is InChI=1S/C21H24N2O2/c1-3-5-14-25-17-10-8-9-16(15-17)20-22-19-12-7-6-11-18(19)21(24)23(20)13-4-2/h4,6-12,15,20,22H,2-3,5,13-14H2,1H3. The van der Waals surface area contributed by atoms with Gasteiger partial charge in [-0.3, -0.25) is 4.79 Å². The molecule has 2 aromatic carbocycles. The molecular formula is C21H24N2O2. The van der Waals surface area contributed by atoms with Crippen molar-refractivity contribution in [2.45, 2.75) is 25.9 Å². The van der Waals surface area contributed by atoms with Crippen LogP contribution >= 0.6 is 0 Å². The normalized spacial score (nSPS) is 16.1. The first-order valence-corrected chi connectivity index (χ1v) is 8.74. The van der Waals surface area contributed by atoms with Gasteiger partial charge in [0, 0.05) is 12.2 Å². The molecule has 1 aliphatic rings. The smallest absolute Gasteiger partial charge is 0.258 e. The van der Waals surface area contributed by atoms with Gasteiger partial charge in [-0.25, -0.2) is 0 Å². The minimum absolute atomic E-state index is 0.0107. The molecule has 25 heavy (non-hydrogen) atoms. The third-order valence-electron chi connectivity index (χ3n) is 4.29. The molecule has 0 radical (unpaired) electrons. The monoisotopic (exact) mass is 336 g/mol. The van der Waals surface area contributed by atoms with Gasteiger partial charge in [-0.1, -0.05) is 43.7 Å². The minimum atomic E-state index is -0.241. The number of nitrogens with zero attached hydrogens (tertiary/aromatic N) is 1. The molecule has 0 aliphatic carbocycles. The Morgan fingerprint density at radius 3 is 2.88 bits per heavy atom. The van der Waals surface area contributed by atoms with E-state index in [-0.39, 0.29) is 12.1 Å². The number of carbonyl (C=O) groups is 1. The molecule has 0 saturated heterocycles. The summed E-state index contributed by atoms with van der Waals surface area (Å²) in [5, 5.41) is 3.47. The van der Waals surface area contributed by atoms with Gasteiger partial charge in [-0.05, 0) is 36.2 Å². The Kier molecular flexibility index (Phi) is 5.39. The topological polar surface area (TPSA) is 41.6 Å². The average Bonchev–Trinajstić information content (AvgIpc) is 2.64. The summed E-state index contributed by atoms with van der Waals surface area (Å²) in [7, 11) is 0. The number of anilines is 1. The number of para-hydroxylation sites is 1. The van der Waals surface area contributed by atoms with Gasteiger partial charge in [-0.2, -0.15) is 0 Å². The van der Waals surface area contributed by atoms with Gasteiger partial charge in [0.1, 0.15) is 11.9 Å². The van der Waals surface area contributed by atoms with Crippen LogP contribution in [0.15, 0.2) is 61.2 Å². The van der Waals surface area contributed by atoms with E-state index >= 15 is 0 Å². The fourth-order valence-electron chi connectivity index (χ4n) is 2.99. The van der Waals surface area contributed by atoms with E-state index in [9.17, 15) is 4.79 Å². The van der Waals surface area contributed by atoms with Crippen molar-refractivity contribution in [3.8, 4) is 5.75 Å². The van der Waals surface area contributed by atoms with Crippen molar-refractivity contribution in [3.05, 3.63) is 72.3 Å². The van der Waals surface area contributed by atoms with Crippen LogP contribution in [0.3, 0.4) is 0 Å². The molecule has 3 rings (SSSR count). The highest BCUT2D eigenvalue weighted by atomic mass is 16.5. The van der Waals surface area contributed by atoms with Crippen molar-refractivity contribution >= 4 is 11.6 Å². The third-order valence-corrected chi connectivity index (χ3v) is 4.29.